The Morgan fingerprint density at radius 1 is 0.380 bits per heavy atom. The molecule has 129 heavy (non-hydrogen) atoms. The van der Waals surface area contributed by atoms with E-state index in [2.05, 4.69) is 201 Å². The number of nitrogens with one attached hydrogen (secondary N) is 5. The molecule has 3 aromatic carbocycles. The summed E-state index contributed by atoms with van der Waals surface area (Å²) in [4.78, 5) is 82.6. The van der Waals surface area contributed by atoms with Gasteiger partial charge in [-0.2, -0.15) is 0 Å². The van der Waals surface area contributed by atoms with Crippen LogP contribution in [0.1, 0.15) is 326 Å². The van der Waals surface area contributed by atoms with E-state index in [0.29, 0.717) is 16.7 Å². The van der Waals surface area contributed by atoms with E-state index in [0.717, 1.165) is 255 Å². The summed E-state index contributed by atoms with van der Waals surface area (Å²) >= 11 is 0. The number of unbranched alkanes of at least 4 members (excludes halogenated alkanes) is 15. The number of fused-ring (bicyclic) bond motifs is 16. The molecule has 0 atom stereocenters. The third kappa shape index (κ3) is 31.0. The van der Waals surface area contributed by atoms with Crippen molar-refractivity contribution in [2.45, 2.75) is 255 Å². The Bertz CT molecular complexity index is 5340. The lowest BCUT2D eigenvalue weighted by Crippen LogP contribution is -2.00. The van der Waals surface area contributed by atoms with Gasteiger partial charge in [0.25, 0.3) is 0 Å². The average molecular weight is 1760 g/mol. The maximum Gasteiger partial charge on any atom is 0.337 e. The normalized spacial score (nSPS) is 11.8. The second kappa shape index (κ2) is 57.6. The first kappa shape index (κ1) is 103. The summed E-state index contributed by atoms with van der Waals surface area (Å²) in [5.41, 5.74) is 31.1. The van der Waals surface area contributed by atoms with Gasteiger partial charge in [-0.3, -0.25) is 4.79 Å². The predicted molar refractivity (Wildman–Crippen MR) is 546 cm³/mol. The minimum Gasteiger partial charge on any atom is -0.465 e. The summed E-state index contributed by atoms with van der Waals surface area (Å²) in [6, 6.07) is 43.7. The van der Waals surface area contributed by atoms with Gasteiger partial charge in [0, 0.05) is 126 Å². The molecule has 0 unspecified atom stereocenters. The van der Waals surface area contributed by atoms with Gasteiger partial charge in [-0.15, -0.1) is 8.58 Å². The first-order valence-electron chi connectivity index (χ1n) is 47.2. The molecule has 6 N–H and O–H groups in total. The third-order valence-corrected chi connectivity index (χ3v) is 23.1. The number of hydrogen-bond donors (Lipinski definition) is 6. The number of aromatic nitrogens is 9. The van der Waals surface area contributed by atoms with Crippen LogP contribution in [0.2, 0.25) is 0 Å². The van der Waals surface area contributed by atoms with Crippen molar-refractivity contribution < 1.29 is 38.5 Å². The number of carbonyl (C=O) groups is 4. The van der Waals surface area contributed by atoms with Crippen molar-refractivity contribution in [3.8, 4) is 22.3 Å². The molecule has 1 saturated heterocycles. The molecule has 0 amide bonds. The molecule has 10 aromatic rings. The Morgan fingerprint density at radius 2 is 0.651 bits per heavy atom. The first-order chi connectivity index (χ1) is 62.8. The van der Waals surface area contributed by atoms with Crippen LogP contribution in [0.15, 0.2) is 146 Å². The second-order valence-corrected chi connectivity index (χ2v) is 33.9. The van der Waals surface area contributed by atoms with Gasteiger partial charge in [-0.25, -0.2) is 29.5 Å². The number of rotatable bonds is 34. The van der Waals surface area contributed by atoms with E-state index in [1.54, 1.807) is 24.3 Å². The molecule has 18 heteroatoms. The van der Waals surface area contributed by atoms with Crippen LogP contribution in [0.4, 0.5) is 0 Å². The largest absolute Gasteiger partial charge is 0.465 e. The summed E-state index contributed by atoms with van der Waals surface area (Å²) in [5, 5.41) is 9.74. The van der Waals surface area contributed by atoms with Crippen molar-refractivity contribution in [2.75, 3.05) is 40.8 Å². The number of nitrogens with zero attached hydrogens (tertiary/aromatic N) is 4. The fourth-order valence-corrected chi connectivity index (χ4v) is 16.0. The number of carbonyl (C=O) groups excluding carboxylic acids is 4. The van der Waals surface area contributed by atoms with Crippen molar-refractivity contribution in [2.24, 2.45) is 0 Å². The minimum atomic E-state index is -0.396. The monoisotopic (exact) mass is 1760 g/mol. The molecule has 7 aromatic heterocycles. The molecule has 15 rings (SSSR count). The Kier molecular flexibility index (Phi) is 46.1. The van der Waals surface area contributed by atoms with Crippen LogP contribution in [0.25, 0.3) is 115 Å². The number of aliphatic hydroxyl groups excluding tert-OH is 1. The van der Waals surface area contributed by atoms with Crippen LogP contribution in [-0.2, 0) is 64.1 Å². The zero-order valence-electron chi connectivity index (χ0n) is 78.1. The van der Waals surface area contributed by atoms with Crippen LogP contribution in [-0.4, -0.2) is 115 Å². The van der Waals surface area contributed by atoms with Crippen LogP contribution in [0.5, 0.6) is 0 Å². The van der Waals surface area contributed by atoms with E-state index in [-0.39, 0.29) is 20.0 Å². The lowest BCUT2D eigenvalue weighted by molar-refractivity contribution is -0.107. The molecule has 5 aliphatic rings. The molecular weight excluding hydrogens is 1620 g/mol. The van der Waals surface area contributed by atoms with Crippen LogP contribution >= 0.6 is 8.58 Å². The topological polar surface area (TPSA) is 247 Å². The molecule has 17 nitrogen and oxygen atoms in total. The van der Waals surface area contributed by atoms with Gasteiger partial charge in [0.15, 0.2) is 0 Å². The number of aliphatic hydroxyl groups is 1. The number of methoxy groups -OCH3 is 2. The third-order valence-electron chi connectivity index (χ3n) is 23.1. The number of benzene rings is 3. The number of ether oxygens (including phenoxy) is 3. The zero-order valence-corrected chi connectivity index (χ0v) is 79.1. The molecule has 0 radical (unpaired) electrons. The van der Waals surface area contributed by atoms with Crippen LogP contribution in [0, 0.1) is 0 Å². The number of hydrogen-bond acceptors (Lipinski definition) is 12. The quantitative estimate of drug-likeness (QED) is 0.00954. The van der Waals surface area contributed by atoms with Gasteiger partial charge < -0.3 is 49.0 Å². The highest BCUT2D eigenvalue weighted by atomic mass is 31.1. The van der Waals surface area contributed by atoms with Gasteiger partial charge in [-0.1, -0.05) is 194 Å². The molecule has 0 aliphatic carbocycles. The smallest absolute Gasteiger partial charge is 0.337 e. The molecule has 0 saturated carbocycles. The van der Waals surface area contributed by atoms with Gasteiger partial charge >= 0.3 is 11.9 Å². The Labute approximate surface area is 769 Å². The van der Waals surface area contributed by atoms with Crippen molar-refractivity contribution in [1.29, 1.82) is 0 Å². The number of aromatic amines is 5. The first-order valence-corrected chi connectivity index (χ1v) is 49.2. The summed E-state index contributed by atoms with van der Waals surface area (Å²) in [7, 11) is 3.81. The number of H-pyrrole nitrogens is 5. The Balaban J connectivity index is 0.000000235. The number of esters is 2. The molecule has 1 fully saturated rings. The predicted octanol–water partition coefficient (Wildman–Crippen LogP) is 28.7. The van der Waals surface area contributed by atoms with Crippen molar-refractivity contribution in [3.05, 3.63) is 247 Å². The molecular formula is C111H144N9O8P. The zero-order chi connectivity index (χ0) is 91.0. The van der Waals surface area contributed by atoms with Crippen LogP contribution in [0.3, 0.4) is 0 Å². The molecule has 5 aliphatic heterocycles. The lowest BCUT2D eigenvalue weighted by Gasteiger charge is -2.07. The van der Waals surface area contributed by atoms with Crippen molar-refractivity contribution in [1.82, 2.24) is 44.9 Å². The van der Waals surface area contributed by atoms with E-state index in [4.69, 9.17) is 29.4 Å². The maximum atomic E-state index is 12.3. The van der Waals surface area contributed by atoms with Gasteiger partial charge in [0.1, 0.15) is 12.6 Å². The highest BCUT2D eigenvalue weighted by Crippen LogP contribution is 2.37. The fourth-order valence-electron chi connectivity index (χ4n) is 16.0. The second-order valence-electron chi connectivity index (χ2n) is 32.9. The van der Waals surface area contributed by atoms with E-state index in [9.17, 15) is 24.3 Å². The molecule has 686 valence electrons. The highest BCUT2D eigenvalue weighted by molar-refractivity contribution is 7.35. The van der Waals surface area contributed by atoms with Crippen molar-refractivity contribution >= 4 is 126 Å². The van der Waals surface area contributed by atoms with Gasteiger partial charge in [0.2, 0.25) is 0 Å². The standard InChI is InChI=1S/C43H50N4O2.C42H50N4O.C9H8O3.C6H12O.C4H5N.C4H8O.C2H7P.CH4/c1-5-8-11-14-31-34-21-23-36(44-34)32(15-12-9-6-2)38-25-27-40(46-38)42(29-17-19-30(20-18-29)43(48)49-4)41-28-26-39(47-41)33(16-13-10-7-3)37-24-22-35(31)45-37;1-4-7-10-13-31-34-20-22-36(43-34)32(14-11-8-5-2)38-24-26-40(45-38)42(30-18-16-29(28-47)17-19-30)41-27-25-39(46-41)33(15-12-9-6-3)37-23-21-35(31)44-37;1-12-9(11)8-4-2-7(6-10)3-5-8;1-2-3-4-5-6-7;2*1-2-4-5-3-1;1-3-2;/h17-28,46-47H,5-16H2,1-4H3;16-27,45-47H,4-15,28H2,1-3H3;2-6H,1H3;6H,2-5H2,1H3;1-5H;1-4H2;3H,1-2H3;1H4. The number of aldehydes is 2. The van der Waals surface area contributed by atoms with E-state index in [1.165, 1.54) is 137 Å². The summed E-state index contributed by atoms with van der Waals surface area (Å²) in [6.45, 7) is 22.0. The molecule has 12 heterocycles. The summed E-state index contributed by atoms with van der Waals surface area (Å²) < 4.78 is 14.4. The van der Waals surface area contributed by atoms with E-state index in [1.807, 2.05) is 60.9 Å². The average Bonchev–Trinajstić information content (AvgIpc) is 1.64. The van der Waals surface area contributed by atoms with Crippen molar-refractivity contribution in [3.63, 3.8) is 0 Å². The van der Waals surface area contributed by atoms with Crippen LogP contribution < -0.4 is 0 Å². The van der Waals surface area contributed by atoms with Gasteiger partial charge in [-0.05, 0) is 260 Å². The Hall–Kier alpha value is -11.2. The van der Waals surface area contributed by atoms with E-state index < -0.39 is 5.97 Å². The lowest BCUT2D eigenvalue weighted by atomic mass is 10.0. The maximum absolute atomic E-state index is 12.3. The van der Waals surface area contributed by atoms with Gasteiger partial charge in [0.05, 0.1) is 77.5 Å². The Morgan fingerprint density at radius 3 is 0.899 bits per heavy atom. The summed E-state index contributed by atoms with van der Waals surface area (Å²) in [5.74, 6) is -0.738. The van der Waals surface area contributed by atoms with E-state index >= 15 is 0 Å². The molecule has 16 bridgehead atoms. The number of aryl methyl sites for hydroxylation is 4. The minimum absolute atomic E-state index is 0. The highest BCUT2D eigenvalue weighted by Gasteiger charge is 2.22. The SMILES string of the molecule is C.C1CCOC1.CCCCCC=O.CCCCCc1c2nc(c(CCCCC)c3ccc([nH]3)c(-c3ccc(C(=O)OC)cc3)c3ccc([nH]3)c(CCCCC)c3nc1C=C3)C=C2.CCCCCc1c2nc(c(CCCCC)c3ccc([nH]3)c(-c3ccc(CO)cc3)c3ccc([nH]3)c(CCCCC)c3nc1C=C3)C=C2.COC(=O)c1ccc(C=O)cc1.CPC.c1cc[nH]c1. The fraction of sp³-hybridized carbons (Fsp3) is 0.405. The summed E-state index contributed by atoms with van der Waals surface area (Å²) in [6.07, 6.45) is 56.5. The molecule has 0 spiro atoms.